The lowest BCUT2D eigenvalue weighted by Crippen LogP contribution is -2.41. The van der Waals surface area contributed by atoms with Crippen LogP contribution in [-0.4, -0.2) is 49.5 Å². The number of ether oxygens (including phenoxy) is 2. The first-order valence-electron chi connectivity index (χ1n) is 11.6. The maximum absolute atomic E-state index is 12.8. The number of allylic oxidation sites excluding steroid dienone is 3. The van der Waals surface area contributed by atoms with Gasteiger partial charge in [0.1, 0.15) is 25.1 Å². The molecule has 1 saturated heterocycles. The molecule has 4 heterocycles. The zero-order valence-electron chi connectivity index (χ0n) is 19.1. The van der Waals surface area contributed by atoms with Crippen molar-refractivity contribution in [2.45, 2.75) is 44.7 Å². The molecule has 0 spiro atoms. The van der Waals surface area contributed by atoms with Crippen LogP contribution >= 0.6 is 0 Å². The van der Waals surface area contributed by atoms with E-state index in [0.29, 0.717) is 31.2 Å². The first kappa shape index (κ1) is 22.1. The van der Waals surface area contributed by atoms with Gasteiger partial charge in [0, 0.05) is 37.6 Å². The summed E-state index contributed by atoms with van der Waals surface area (Å²) in [6.07, 6.45) is 19.4. The van der Waals surface area contributed by atoms with Gasteiger partial charge in [-0.3, -0.25) is 9.36 Å². The minimum Gasteiger partial charge on any atom is -0.466 e. The van der Waals surface area contributed by atoms with Crippen LogP contribution in [-0.2, 0) is 14.3 Å². The number of nitrogens with one attached hydrogen (secondary N) is 1. The Labute approximate surface area is 198 Å². The maximum Gasteiger partial charge on any atom is 0.235 e. The Hall–Kier alpha value is -3.72. The second-order valence-corrected chi connectivity index (χ2v) is 8.49. The van der Waals surface area contributed by atoms with Gasteiger partial charge in [-0.25, -0.2) is 15.0 Å². The summed E-state index contributed by atoms with van der Waals surface area (Å²) in [5.74, 6) is 1.42. The van der Waals surface area contributed by atoms with E-state index in [-0.39, 0.29) is 18.0 Å². The molecule has 2 unspecified atom stereocenters. The highest BCUT2D eigenvalue weighted by atomic mass is 16.5. The van der Waals surface area contributed by atoms with Gasteiger partial charge < -0.3 is 19.7 Å². The summed E-state index contributed by atoms with van der Waals surface area (Å²) in [7, 11) is 0. The Kier molecular flexibility index (Phi) is 6.53. The Bertz CT molecular complexity index is 1150. The van der Waals surface area contributed by atoms with Gasteiger partial charge in [-0.1, -0.05) is 18.2 Å². The SMILES string of the molecule is Cc1cc(C2CCC(=O)N2CCNC(C2=CC=CCC2)C2=COC=CO2)nc(-n2ccnc2)n1. The molecular weight excluding hydrogens is 432 g/mol. The quantitative estimate of drug-likeness (QED) is 0.646. The van der Waals surface area contributed by atoms with E-state index in [0.717, 1.165) is 30.7 Å². The molecule has 2 aromatic rings. The van der Waals surface area contributed by atoms with Crippen molar-refractivity contribution >= 4 is 5.91 Å². The summed E-state index contributed by atoms with van der Waals surface area (Å²) in [6, 6.07) is 1.78. The van der Waals surface area contributed by atoms with Crippen LogP contribution in [0.5, 0.6) is 0 Å². The minimum absolute atomic E-state index is 0.0787. The van der Waals surface area contributed by atoms with Crippen LogP contribution in [0.4, 0.5) is 0 Å². The largest absolute Gasteiger partial charge is 0.466 e. The van der Waals surface area contributed by atoms with Gasteiger partial charge in [0.05, 0.1) is 17.8 Å². The fourth-order valence-corrected chi connectivity index (χ4v) is 4.58. The third-order valence-corrected chi connectivity index (χ3v) is 6.19. The molecule has 0 saturated carbocycles. The molecule has 2 aromatic heterocycles. The Morgan fingerprint density at radius 2 is 2.21 bits per heavy atom. The van der Waals surface area contributed by atoms with E-state index >= 15 is 0 Å². The van der Waals surface area contributed by atoms with Crippen molar-refractivity contribution in [3.05, 3.63) is 84.5 Å². The number of aromatic nitrogens is 4. The van der Waals surface area contributed by atoms with Crippen LogP contribution in [0.25, 0.3) is 5.95 Å². The number of imidazole rings is 1. The average molecular weight is 461 g/mol. The van der Waals surface area contributed by atoms with Crippen LogP contribution in [0, 0.1) is 6.92 Å². The third-order valence-electron chi connectivity index (χ3n) is 6.19. The molecule has 2 atom stereocenters. The van der Waals surface area contributed by atoms with Crippen molar-refractivity contribution in [2.24, 2.45) is 0 Å². The van der Waals surface area contributed by atoms with Crippen molar-refractivity contribution in [1.29, 1.82) is 0 Å². The number of aryl methyl sites for hydroxylation is 1. The molecule has 34 heavy (non-hydrogen) atoms. The maximum atomic E-state index is 12.8. The summed E-state index contributed by atoms with van der Waals surface area (Å²) in [4.78, 5) is 28.1. The molecule has 1 fully saturated rings. The van der Waals surface area contributed by atoms with Gasteiger partial charge in [0.25, 0.3) is 0 Å². The molecule has 2 aliphatic heterocycles. The van der Waals surface area contributed by atoms with Crippen LogP contribution < -0.4 is 5.32 Å². The molecule has 0 bridgehead atoms. The lowest BCUT2D eigenvalue weighted by molar-refractivity contribution is -0.129. The Morgan fingerprint density at radius 3 is 2.97 bits per heavy atom. The van der Waals surface area contributed by atoms with Gasteiger partial charge >= 0.3 is 0 Å². The number of hydrogen-bond acceptors (Lipinski definition) is 7. The molecule has 5 rings (SSSR count). The number of carbonyl (C=O) groups excluding carboxylic acids is 1. The number of amides is 1. The second-order valence-electron chi connectivity index (χ2n) is 8.49. The number of carbonyl (C=O) groups is 1. The van der Waals surface area contributed by atoms with Crippen molar-refractivity contribution in [1.82, 2.24) is 29.7 Å². The van der Waals surface area contributed by atoms with Gasteiger partial charge in [-0.2, -0.15) is 0 Å². The van der Waals surface area contributed by atoms with Crippen LogP contribution in [0.15, 0.2) is 73.1 Å². The lowest BCUT2D eigenvalue weighted by Gasteiger charge is -2.28. The monoisotopic (exact) mass is 460 g/mol. The number of hydrogen-bond donors (Lipinski definition) is 1. The molecule has 1 aliphatic carbocycles. The minimum atomic E-state index is -0.111. The molecule has 1 amide bonds. The average Bonchev–Trinajstić information content (AvgIpc) is 3.53. The predicted octanol–water partition coefficient (Wildman–Crippen LogP) is 3.23. The smallest absolute Gasteiger partial charge is 0.235 e. The van der Waals surface area contributed by atoms with Crippen molar-refractivity contribution in [3.8, 4) is 5.95 Å². The highest BCUT2D eigenvalue weighted by molar-refractivity contribution is 5.79. The van der Waals surface area contributed by atoms with Gasteiger partial charge in [0.2, 0.25) is 11.9 Å². The van der Waals surface area contributed by atoms with Crippen molar-refractivity contribution < 1.29 is 14.3 Å². The summed E-state index contributed by atoms with van der Waals surface area (Å²) in [5, 5.41) is 3.58. The summed E-state index contributed by atoms with van der Waals surface area (Å²) < 4.78 is 12.8. The Balaban J connectivity index is 1.30. The van der Waals surface area contributed by atoms with E-state index in [4.69, 9.17) is 14.5 Å². The molecule has 1 N–H and O–H groups in total. The number of rotatable bonds is 8. The molecule has 176 valence electrons. The van der Waals surface area contributed by atoms with E-state index in [1.807, 2.05) is 24.1 Å². The standard InChI is InChI=1S/C25H28N6O3/c1-18-15-20(29-25(28-18)30-11-9-26-17-30)21-7-8-23(32)31(21)12-10-27-24(19-5-3-2-4-6-19)22-16-33-13-14-34-22/h2-3,5,9,11,13-17,21,24,27H,4,6-8,10,12H2,1H3. The molecule has 0 radical (unpaired) electrons. The van der Waals surface area contributed by atoms with E-state index in [1.165, 1.54) is 11.8 Å². The predicted molar refractivity (Wildman–Crippen MR) is 125 cm³/mol. The normalized spacial score (nSPS) is 20.6. The summed E-state index contributed by atoms with van der Waals surface area (Å²) in [5.41, 5.74) is 2.95. The fourth-order valence-electron chi connectivity index (χ4n) is 4.58. The highest BCUT2D eigenvalue weighted by Crippen LogP contribution is 2.32. The molecular formula is C25H28N6O3. The third kappa shape index (κ3) is 4.79. The van der Waals surface area contributed by atoms with E-state index in [1.54, 1.807) is 29.6 Å². The van der Waals surface area contributed by atoms with E-state index < -0.39 is 0 Å². The first-order valence-corrected chi connectivity index (χ1v) is 11.6. The second kappa shape index (κ2) is 10.0. The van der Waals surface area contributed by atoms with E-state index in [9.17, 15) is 4.79 Å². The zero-order chi connectivity index (χ0) is 23.3. The lowest BCUT2D eigenvalue weighted by atomic mass is 9.96. The molecule has 3 aliphatic rings. The fraction of sp³-hybridized carbons (Fsp3) is 0.360. The topological polar surface area (TPSA) is 94.4 Å². The summed E-state index contributed by atoms with van der Waals surface area (Å²) in [6.45, 7) is 3.12. The zero-order valence-corrected chi connectivity index (χ0v) is 19.1. The first-order chi connectivity index (χ1) is 16.7. The van der Waals surface area contributed by atoms with Crippen LogP contribution in [0.2, 0.25) is 0 Å². The number of nitrogens with zero attached hydrogens (tertiary/aromatic N) is 5. The van der Waals surface area contributed by atoms with Gasteiger partial charge in [-0.15, -0.1) is 0 Å². The number of likely N-dealkylation sites (tertiary alicyclic amines) is 1. The van der Waals surface area contributed by atoms with Crippen LogP contribution in [0.3, 0.4) is 0 Å². The Morgan fingerprint density at radius 1 is 1.26 bits per heavy atom. The molecule has 9 heteroatoms. The van der Waals surface area contributed by atoms with Gasteiger partial charge in [-0.05, 0) is 37.8 Å². The van der Waals surface area contributed by atoms with Crippen molar-refractivity contribution in [2.75, 3.05) is 13.1 Å². The molecule has 0 aromatic carbocycles. The van der Waals surface area contributed by atoms with Gasteiger partial charge in [0.15, 0.2) is 5.76 Å². The summed E-state index contributed by atoms with van der Waals surface area (Å²) >= 11 is 0. The molecule has 9 nitrogen and oxygen atoms in total. The van der Waals surface area contributed by atoms with Crippen molar-refractivity contribution in [3.63, 3.8) is 0 Å². The van der Waals surface area contributed by atoms with E-state index in [2.05, 4.69) is 33.5 Å². The highest BCUT2D eigenvalue weighted by Gasteiger charge is 2.33. The van der Waals surface area contributed by atoms with Crippen LogP contribution in [0.1, 0.15) is 43.1 Å².